The van der Waals surface area contributed by atoms with Gasteiger partial charge in [-0.05, 0) is 75.1 Å². The van der Waals surface area contributed by atoms with Gasteiger partial charge in [0.25, 0.3) is 0 Å². The molecule has 1 saturated heterocycles. The Kier molecular flexibility index (Phi) is 8.63. The number of rotatable bonds is 7. The molecule has 2 aromatic rings. The van der Waals surface area contributed by atoms with Gasteiger partial charge in [-0.15, -0.1) is 12.4 Å². The SMILES string of the molecule is Cl.N#CC(CCCN1CCC(C(=O)c2ccc(F)cc2)CC1)c1ccccc1. The van der Waals surface area contributed by atoms with Crippen LogP contribution in [0.5, 0.6) is 0 Å². The number of nitrogens with zero attached hydrogens (tertiary/aromatic N) is 2. The van der Waals surface area contributed by atoms with Crippen LogP contribution in [0.15, 0.2) is 54.6 Å². The summed E-state index contributed by atoms with van der Waals surface area (Å²) in [6.07, 6.45) is 3.52. The van der Waals surface area contributed by atoms with E-state index in [1.807, 2.05) is 30.3 Å². The molecule has 0 aliphatic carbocycles. The maximum Gasteiger partial charge on any atom is 0.166 e. The highest BCUT2D eigenvalue weighted by molar-refractivity contribution is 5.97. The predicted molar refractivity (Wildman–Crippen MR) is 111 cm³/mol. The van der Waals surface area contributed by atoms with Gasteiger partial charge in [0, 0.05) is 11.5 Å². The van der Waals surface area contributed by atoms with Crippen molar-refractivity contribution in [1.29, 1.82) is 5.26 Å². The van der Waals surface area contributed by atoms with Gasteiger partial charge in [-0.2, -0.15) is 5.26 Å². The zero-order valence-corrected chi connectivity index (χ0v) is 16.7. The molecule has 5 heteroatoms. The summed E-state index contributed by atoms with van der Waals surface area (Å²) in [5.74, 6) is -0.206. The van der Waals surface area contributed by atoms with Crippen molar-refractivity contribution in [2.75, 3.05) is 19.6 Å². The average molecular weight is 401 g/mol. The molecule has 1 aliphatic rings. The molecule has 0 amide bonds. The molecule has 3 nitrogen and oxygen atoms in total. The van der Waals surface area contributed by atoms with Gasteiger partial charge in [0.2, 0.25) is 0 Å². The lowest BCUT2D eigenvalue weighted by Crippen LogP contribution is -2.37. The average Bonchev–Trinajstić information content (AvgIpc) is 2.72. The summed E-state index contributed by atoms with van der Waals surface area (Å²) in [5, 5.41) is 9.41. The highest BCUT2D eigenvalue weighted by Crippen LogP contribution is 2.24. The van der Waals surface area contributed by atoms with Crippen LogP contribution in [0.1, 0.15) is 47.5 Å². The topological polar surface area (TPSA) is 44.1 Å². The molecule has 2 aromatic carbocycles. The highest BCUT2D eigenvalue weighted by Gasteiger charge is 2.25. The molecule has 1 unspecified atom stereocenters. The van der Waals surface area contributed by atoms with Crippen LogP contribution in [-0.4, -0.2) is 30.3 Å². The zero-order chi connectivity index (χ0) is 19.1. The molecule has 1 aliphatic heterocycles. The number of ketones is 1. The third-order valence-electron chi connectivity index (χ3n) is 5.41. The third-order valence-corrected chi connectivity index (χ3v) is 5.41. The monoisotopic (exact) mass is 400 g/mol. The normalized spacial score (nSPS) is 16.0. The number of carbonyl (C=O) groups is 1. The van der Waals surface area contributed by atoms with Crippen molar-refractivity contribution in [2.24, 2.45) is 5.92 Å². The number of likely N-dealkylation sites (tertiary alicyclic amines) is 1. The third kappa shape index (κ3) is 5.89. The summed E-state index contributed by atoms with van der Waals surface area (Å²) in [6, 6.07) is 18.2. The van der Waals surface area contributed by atoms with Gasteiger partial charge in [-0.3, -0.25) is 4.79 Å². The van der Waals surface area contributed by atoms with E-state index in [1.165, 1.54) is 12.1 Å². The summed E-state index contributed by atoms with van der Waals surface area (Å²) in [4.78, 5) is 14.9. The van der Waals surface area contributed by atoms with E-state index < -0.39 is 0 Å². The number of Topliss-reactive ketones (excluding diaryl/α,β-unsaturated/α-hetero) is 1. The number of hydrogen-bond acceptors (Lipinski definition) is 3. The number of carbonyl (C=O) groups excluding carboxylic acids is 1. The Labute approximate surface area is 172 Å². The van der Waals surface area contributed by atoms with E-state index in [9.17, 15) is 14.4 Å². The van der Waals surface area contributed by atoms with Crippen LogP contribution in [0.3, 0.4) is 0 Å². The van der Waals surface area contributed by atoms with Crippen LogP contribution in [0.2, 0.25) is 0 Å². The molecular formula is C23H26ClFN2O. The second-order valence-electron chi connectivity index (χ2n) is 7.22. The summed E-state index contributed by atoms with van der Waals surface area (Å²) in [5.41, 5.74) is 1.69. The second kappa shape index (κ2) is 10.9. The first kappa shape index (κ1) is 22.1. The quantitative estimate of drug-likeness (QED) is 0.597. The molecule has 0 bridgehead atoms. The Balaban J connectivity index is 0.00000280. The lowest BCUT2D eigenvalue weighted by Gasteiger charge is -2.31. The van der Waals surface area contributed by atoms with Crippen molar-refractivity contribution in [3.8, 4) is 6.07 Å². The Bertz CT molecular complexity index is 780. The van der Waals surface area contributed by atoms with Crippen molar-refractivity contribution >= 4 is 18.2 Å². The largest absolute Gasteiger partial charge is 0.303 e. The fraction of sp³-hybridized carbons (Fsp3) is 0.391. The summed E-state index contributed by atoms with van der Waals surface area (Å²) < 4.78 is 13.0. The van der Waals surface area contributed by atoms with Gasteiger partial charge >= 0.3 is 0 Å². The smallest absolute Gasteiger partial charge is 0.166 e. The van der Waals surface area contributed by atoms with E-state index in [1.54, 1.807) is 12.1 Å². The minimum atomic E-state index is -0.312. The van der Waals surface area contributed by atoms with Gasteiger partial charge in [0.15, 0.2) is 5.78 Å². The van der Waals surface area contributed by atoms with Gasteiger partial charge < -0.3 is 4.90 Å². The number of piperidine rings is 1. The van der Waals surface area contributed by atoms with Gasteiger partial charge in [0.1, 0.15) is 5.82 Å². The number of benzene rings is 2. The highest BCUT2D eigenvalue weighted by atomic mass is 35.5. The molecule has 1 atom stereocenters. The van der Waals surface area contributed by atoms with Crippen molar-refractivity contribution in [3.63, 3.8) is 0 Å². The van der Waals surface area contributed by atoms with E-state index in [0.717, 1.165) is 50.9 Å². The minimum absolute atomic E-state index is 0. The molecule has 1 fully saturated rings. The molecule has 0 spiro atoms. The standard InChI is InChI=1S/C23H25FN2O.ClH/c24-22-10-8-19(9-11-22)23(27)20-12-15-26(16-13-20)14-4-7-21(17-25)18-5-2-1-3-6-18;/h1-3,5-6,8-11,20-21H,4,7,12-16H2;1H. The molecule has 0 saturated carbocycles. The lowest BCUT2D eigenvalue weighted by molar-refractivity contribution is 0.0839. The van der Waals surface area contributed by atoms with Crippen molar-refractivity contribution < 1.29 is 9.18 Å². The number of hydrogen-bond donors (Lipinski definition) is 0. The minimum Gasteiger partial charge on any atom is -0.303 e. The van der Waals surface area contributed by atoms with Crippen LogP contribution >= 0.6 is 12.4 Å². The van der Waals surface area contributed by atoms with Gasteiger partial charge in [-0.1, -0.05) is 30.3 Å². The summed E-state index contributed by atoms with van der Waals surface area (Å²) in [7, 11) is 0. The fourth-order valence-corrected chi connectivity index (χ4v) is 3.78. The first-order valence-corrected chi connectivity index (χ1v) is 9.64. The number of nitriles is 1. The molecule has 28 heavy (non-hydrogen) atoms. The first-order valence-electron chi connectivity index (χ1n) is 9.64. The second-order valence-corrected chi connectivity index (χ2v) is 7.22. The molecule has 3 rings (SSSR count). The van der Waals surface area contributed by atoms with Crippen molar-refractivity contribution in [3.05, 3.63) is 71.5 Å². The van der Waals surface area contributed by atoms with E-state index in [2.05, 4.69) is 11.0 Å². The van der Waals surface area contributed by atoms with Gasteiger partial charge in [-0.25, -0.2) is 4.39 Å². The van der Waals surface area contributed by atoms with Crippen LogP contribution < -0.4 is 0 Å². The first-order chi connectivity index (χ1) is 13.2. The molecule has 148 valence electrons. The molecular weight excluding hydrogens is 375 g/mol. The Hall–Kier alpha value is -2.22. The predicted octanol–water partition coefficient (Wildman–Crippen LogP) is 5.23. The maximum atomic E-state index is 13.0. The van der Waals surface area contributed by atoms with Crippen molar-refractivity contribution in [1.82, 2.24) is 4.90 Å². The summed E-state index contributed by atoms with van der Waals surface area (Å²) in [6.45, 7) is 2.77. The van der Waals surface area contributed by atoms with Crippen LogP contribution in [0, 0.1) is 23.1 Å². The van der Waals surface area contributed by atoms with Gasteiger partial charge in [0.05, 0.1) is 12.0 Å². The van der Waals surface area contributed by atoms with Crippen LogP contribution in [0.25, 0.3) is 0 Å². The molecule has 0 N–H and O–H groups in total. The zero-order valence-electron chi connectivity index (χ0n) is 15.9. The Morgan fingerprint density at radius 3 is 2.36 bits per heavy atom. The van der Waals surface area contributed by atoms with Crippen molar-refractivity contribution in [2.45, 2.75) is 31.6 Å². The molecule has 0 radical (unpaired) electrons. The number of halogens is 2. The summed E-state index contributed by atoms with van der Waals surface area (Å²) >= 11 is 0. The Morgan fingerprint density at radius 2 is 1.75 bits per heavy atom. The fourth-order valence-electron chi connectivity index (χ4n) is 3.78. The lowest BCUT2D eigenvalue weighted by atomic mass is 9.88. The van der Waals surface area contributed by atoms with E-state index in [4.69, 9.17) is 0 Å². The van der Waals surface area contributed by atoms with E-state index in [-0.39, 0.29) is 35.8 Å². The Morgan fingerprint density at radius 1 is 1.11 bits per heavy atom. The van der Waals surface area contributed by atoms with Crippen LogP contribution in [-0.2, 0) is 0 Å². The maximum absolute atomic E-state index is 13.0. The molecule has 0 aromatic heterocycles. The van der Waals surface area contributed by atoms with E-state index >= 15 is 0 Å². The van der Waals surface area contributed by atoms with E-state index in [0.29, 0.717) is 5.56 Å². The molecule has 1 heterocycles. The van der Waals surface area contributed by atoms with Crippen LogP contribution in [0.4, 0.5) is 4.39 Å².